The van der Waals surface area contributed by atoms with Gasteiger partial charge < -0.3 is 15.3 Å². The van der Waals surface area contributed by atoms with E-state index in [4.69, 9.17) is 15.3 Å². The number of rotatable bonds is 6. The molecule has 0 aliphatic rings. The second-order valence-electron chi connectivity index (χ2n) is 2.97. The van der Waals surface area contributed by atoms with E-state index in [0.29, 0.717) is 0 Å². The highest BCUT2D eigenvalue weighted by Gasteiger charge is 2.22. The Morgan fingerprint density at radius 2 is 1.85 bits per heavy atom. The molecule has 76 valence electrons. The van der Waals surface area contributed by atoms with Gasteiger partial charge in [0.15, 0.2) is 0 Å². The summed E-state index contributed by atoms with van der Waals surface area (Å²) in [6.07, 6.45) is -0.529. The minimum Gasteiger partial charge on any atom is -0.481 e. The number of carboxylic acid groups (broad SMARTS) is 2. The number of aliphatic carboxylic acids is 2. The molecule has 0 heterocycles. The molecular weight excluding hydrogens is 176 g/mol. The van der Waals surface area contributed by atoms with E-state index >= 15 is 0 Å². The van der Waals surface area contributed by atoms with Crippen LogP contribution in [0.3, 0.4) is 0 Å². The first kappa shape index (κ1) is 11.9. The quantitative estimate of drug-likeness (QED) is 0.560. The van der Waals surface area contributed by atoms with Crippen molar-refractivity contribution in [3.8, 4) is 0 Å². The largest absolute Gasteiger partial charge is 0.481 e. The van der Waals surface area contributed by atoms with Crippen LogP contribution in [-0.4, -0.2) is 33.4 Å². The van der Waals surface area contributed by atoms with E-state index in [1.54, 1.807) is 0 Å². The third-order valence-corrected chi connectivity index (χ3v) is 1.81. The van der Waals surface area contributed by atoms with Gasteiger partial charge in [0.05, 0.1) is 12.0 Å². The molecule has 0 bridgehead atoms. The van der Waals surface area contributed by atoms with Gasteiger partial charge in [0, 0.05) is 6.42 Å². The van der Waals surface area contributed by atoms with Crippen molar-refractivity contribution in [2.75, 3.05) is 0 Å². The molecule has 0 aromatic rings. The summed E-state index contributed by atoms with van der Waals surface area (Å²) in [6.45, 7) is 1.39. The highest BCUT2D eigenvalue weighted by atomic mass is 16.4. The van der Waals surface area contributed by atoms with Gasteiger partial charge in [-0.25, -0.2) is 0 Å². The second kappa shape index (κ2) is 5.53. The Balaban J connectivity index is 3.84. The Morgan fingerprint density at radius 1 is 1.31 bits per heavy atom. The fourth-order valence-corrected chi connectivity index (χ4v) is 1.04. The van der Waals surface area contributed by atoms with E-state index in [1.807, 2.05) is 0 Å². The molecule has 13 heavy (non-hydrogen) atoms. The molecule has 0 saturated heterocycles. The number of hydrogen-bond donors (Lipinski definition) is 3. The van der Waals surface area contributed by atoms with Crippen molar-refractivity contribution in [3.63, 3.8) is 0 Å². The first-order chi connectivity index (χ1) is 5.95. The summed E-state index contributed by atoms with van der Waals surface area (Å²) in [6, 6.07) is 0. The van der Waals surface area contributed by atoms with Crippen molar-refractivity contribution in [1.29, 1.82) is 0 Å². The maximum atomic E-state index is 10.5. The van der Waals surface area contributed by atoms with Crippen LogP contribution in [0.25, 0.3) is 0 Å². The molecule has 0 spiro atoms. The number of aliphatic hydroxyl groups is 1. The number of aliphatic hydroxyl groups excluding tert-OH is 1. The lowest BCUT2D eigenvalue weighted by molar-refractivity contribution is -0.146. The molecule has 0 amide bonds. The summed E-state index contributed by atoms with van der Waals surface area (Å²) >= 11 is 0. The molecule has 0 radical (unpaired) electrons. The molecule has 2 unspecified atom stereocenters. The molecule has 0 saturated carbocycles. The van der Waals surface area contributed by atoms with Crippen LogP contribution in [0.1, 0.15) is 26.2 Å². The van der Waals surface area contributed by atoms with Gasteiger partial charge in [-0.3, -0.25) is 9.59 Å². The molecule has 5 heteroatoms. The van der Waals surface area contributed by atoms with Crippen molar-refractivity contribution < 1.29 is 24.9 Å². The highest BCUT2D eigenvalue weighted by molar-refractivity contribution is 5.71. The molecule has 0 aromatic heterocycles. The Bertz CT molecular complexity index is 187. The molecule has 0 fully saturated rings. The van der Waals surface area contributed by atoms with Crippen LogP contribution >= 0.6 is 0 Å². The Labute approximate surface area is 76.0 Å². The van der Waals surface area contributed by atoms with Crippen molar-refractivity contribution >= 4 is 11.9 Å². The monoisotopic (exact) mass is 190 g/mol. The maximum Gasteiger partial charge on any atom is 0.309 e. The average molecular weight is 190 g/mol. The Kier molecular flexibility index (Phi) is 5.06. The van der Waals surface area contributed by atoms with Crippen molar-refractivity contribution in [2.45, 2.75) is 32.3 Å². The minimum absolute atomic E-state index is 0.0590. The maximum absolute atomic E-state index is 10.5. The smallest absolute Gasteiger partial charge is 0.309 e. The summed E-state index contributed by atoms with van der Waals surface area (Å²) < 4.78 is 0. The lowest BCUT2D eigenvalue weighted by Crippen LogP contribution is -2.25. The molecule has 2 atom stereocenters. The van der Waals surface area contributed by atoms with Gasteiger partial charge in [-0.2, -0.15) is 0 Å². The van der Waals surface area contributed by atoms with E-state index in [2.05, 4.69) is 0 Å². The SMILES string of the molecule is CC(O)C(CCCC(=O)O)C(=O)O. The second-order valence-corrected chi connectivity index (χ2v) is 2.97. The van der Waals surface area contributed by atoms with Gasteiger partial charge in [0.1, 0.15) is 0 Å². The van der Waals surface area contributed by atoms with Crippen LogP contribution in [0, 0.1) is 5.92 Å². The van der Waals surface area contributed by atoms with Crippen LogP contribution in [0.4, 0.5) is 0 Å². The zero-order chi connectivity index (χ0) is 10.4. The first-order valence-electron chi connectivity index (χ1n) is 4.07. The standard InChI is InChI=1S/C8H14O5/c1-5(9)6(8(12)13)3-2-4-7(10)11/h5-6,9H,2-4H2,1H3,(H,10,11)(H,12,13). The van der Waals surface area contributed by atoms with E-state index < -0.39 is 24.0 Å². The third-order valence-electron chi connectivity index (χ3n) is 1.81. The predicted molar refractivity (Wildman–Crippen MR) is 44.3 cm³/mol. The fourth-order valence-electron chi connectivity index (χ4n) is 1.04. The summed E-state index contributed by atoms with van der Waals surface area (Å²) in [5, 5.41) is 25.9. The van der Waals surface area contributed by atoms with Crippen LogP contribution < -0.4 is 0 Å². The highest BCUT2D eigenvalue weighted by Crippen LogP contribution is 2.13. The Hall–Kier alpha value is -1.10. The topological polar surface area (TPSA) is 94.8 Å². The summed E-state index contributed by atoms with van der Waals surface area (Å²) in [7, 11) is 0. The fraction of sp³-hybridized carbons (Fsp3) is 0.750. The van der Waals surface area contributed by atoms with Crippen LogP contribution in [0.5, 0.6) is 0 Å². The molecule has 3 N–H and O–H groups in total. The zero-order valence-corrected chi connectivity index (χ0v) is 7.43. The normalized spacial score (nSPS) is 14.9. The third kappa shape index (κ3) is 5.19. The van der Waals surface area contributed by atoms with Gasteiger partial charge >= 0.3 is 11.9 Å². The predicted octanol–water partition coefficient (Wildman–Crippen LogP) is 0.323. The molecule has 0 aromatic carbocycles. The van der Waals surface area contributed by atoms with Gasteiger partial charge in [-0.1, -0.05) is 0 Å². The van der Waals surface area contributed by atoms with Crippen LogP contribution in [0.15, 0.2) is 0 Å². The zero-order valence-electron chi connectivity index (χ0n) is 7.43. The van der Waals surface area contributed by atoms with E-state index in [1.165, 1.54) is 6.92 Å². The minimum atomic E-state index is -1.08. The first-order valence-corrected chi connectivity index (χ1v) is 4.07. The van der Waals surface area contributed by atoms with Crippen molar-refractivity contribution in [2.24, 2.45) is 5.92 Å². The van der Waals surface area contributed by atoms with Gasteiger partial charge in [-0.15, -0.1) is 0 Å². The Morgan fingerprint density at radius 3 is 2.15 bits per heavy atom. The molecule has 0 aliphatic heterocycles. The van der Waals surface area contributed by atoms with E-state index in [0.717, 1.165) is 0 Å². The van der Waals surface area contributed by atoms with Crippen LogP contribution in [0.2, 0.25) is 0 Å². The summed E-state index contributed by atoms with van der Waals surface area (Å²) in [5.41, 5.74) is 0. The van der Waals surface area contributed by atoms with Crippen molar-refractivity contribution in [1.82, 2.24) is 0 Å². The van der Waals surface area contributed by atoms with E-state index in [-0.39, 0.29) is 19.3 Å². The lowest BCUT2D eigenvalue weighted by atomic mass is 9.97. The van der Waals surface area contributed by atoms with Gasteiger partial charge in [0.2, 0.25) is 0 Å². The molecule has 5 nitrogen and oxygen atoms in total. The number of carboxylic acids is 2. The summed E-state index contributed by atoms with van der Waals surface area (Å²) in [4.78, 5) is 20.6. The van der Waals surface area contributed by atoms with Gasteiger partial charge in [0.25, 0.3) is 0 Å². The van der Waals surface area contributed by atoms with Gasteiger partial charge in [-0.05, 0) is 19.8 Å². The van der Waals surface area contributed by atoms with Crippen LogP contribution in [-0.2, 0) is 9.59 Å². The molecule has 0 rings (SSSR count). The lowest BCUT2D eigenvalue weighted by Gasteiger charge is -2.13. The average Bonchev–Trinajstić information content (AvgIpc) is 1.95. The van der Waals surface area contributed by atoms with E-state index in [9.17, 15) is 9.59 Å². The summed E-state index contributed by atoms with van der Waals surface area (Å²) in [5.74, 6) is -2.89. The number of hydrogen-bond acceptors (Lipinski definition) is 3. The molecule has 0 aliphatic carbocycles. The number of carbonyl (C=O) groups is 2. The molecular formula is C8H14O5. The van der Waals surface area contributed by atoms with Crippen molar-refractivity contribution in [3.05, 3.63) is 0 Å².